The third kappa shape index (κ3) is 2.71. The highest BCUT2D eigenvalue weighted by Gasteiger charge is 2.35. The molecule has 0 aliphatic carbocycles. The predicted octanol–water partition coefficient (Wildman–Crippen LogP) is 1.04. The number of hydrogen-bond donors (Lipinski definition) is 0. The van der Waals surface area contributed by atoms with E-state index in [1.165, 1.54) is 6.42 Å². The van der Waals surface area contributed by atoms with E-state index in [0.29, 0.717) is 18.0 Å². The van der Waals surface area contributed by atoms with Gasteiger partial charge in [0.1, 0.15) is 7.85 Å². The van der Waals surface area contributed by atoms with Crippen LogP contribution in [-0.2, 0) is 9.47 Å². The average Bonchev–Trinajstić information content (AvgIpc) is 2.32. The van der Waals surface area contributed by atoms with Crippen molar-refractivity contribution in [2.75, 3.05) is 13.7 Å². The van der Waals surface area contributed by atoms with E-state index in [2.05, 4.69) is 21.7 Å². The standard InChI is InChI=1S/C10H21BO2/c1-7-8(2)13-10(11)9(7)5-4-6-12-3/h7-10H,4-6,11H2,1-3H3/t7?,8-,9-,10-/m1/s1. The van der Waals surface area contributed by atoms with Crippen LogP contribution in [0.4, 0.5) is 0 Å². The molecule has 0 bridgehead atoms. The molecule has 1 heterocycles. The van der Waals surface area contributed by atoms with Crippen LogP contribution in [0.5, 0.6) is 0 Å². The highest BCUT2D eigenvalue weighted by Crippen LogP contribution is 2.33. The van der Waals surface area contributed by atoms with E-state index in [-0.39, 0.29) is 0 Å². The molecule has 0 saturated carbocycles. The number of hydrogen-bond acceptors (Lipinski definition) is 2. The molecule has 0 aromatic carbocycles. The van der Waals surface area contributed by atoms with E-state index in [1.807, 2.05) is 0 Å². The molecule has 0 radical (unpaired) electrons. The fourth-order valence-corrected chi connectivity index (χ4v) is 2.30. The molecule has 1 fully saturated rings. The predicted molar refractivity (Wildman–Crippen MR) is 56.6 cm³/mol. The van der Waals surface area contributed by atoms with E-state index in [1.54, 1.807) is 7.11 Å². The summed E-state index contributed by atoms with van der Waals surface area (Å²) < 4.78 is 10.8. The Balaban J connectivity index is 2.31. The van der Waals surface area contributed by atoms with Crippen molar-refractivity contribution in [1.82, 2.24) is 0 Å². The maximum absolute atomic E-state index is 5.78. The Labute approximate surface area is 82.4 Å². The van der Waals surface area contributed by atoms with Crippen LogP contribution in [0.3, 0.4) is 0 Å². The molecule has 13 heavy (non-hydrogen) atoms. The second kappa shape index (κ2) is 5.01. The van der Waals surface area contributed by atoms with Gasteiger partial charge >= 0.3 is 0 Å². The molecule has 1 aliphatic rings. The first-order valence-electron chi connectivity index (χ1n) is 5.31. The maximum atomic E-state index is 5.78. The fraction of sp³-hybridized carbons (Fsp3) is 1.00. The third-order valence-corrected chi connectivity index (χ3v) is 3.33. The zero-order chi connectivity index (χ0) is 9.84. The Morgan fingerprint density at radius 1 is 1.38 bits per heavy atom. The number of ether oxygens (including phenoxy) is 2. The van der Waals surface area contributed by atoms with Crippen molar-refractivity contribution >= 4 is 7.85 Å². The van der Waals surface area contributed by atoms with Gasteiger partial charge in [0.2, 0.25) is 0 Å². The molecule has 2 nitrogen and oxygen atoms in total. The van der Waals surface area contributed by atoms with Gasteiger partial charge in [0.05, 0.1) is 6.10 Å². The topological polar surface area (TPSA) is 18.5 Å². The summed E-state index contributed by atoms with van der Waals surface area (Å²) in [5, 5.41) is 0. The van der Waals surface area contributed by atoms with Crippen molar-refractivity contribution in [3.05, 3.63) is 0 Å². The van der Waals surface area contributed by atoms with Crippen LogP contribution in [0.25, 0.3) is 0 Å². The fourth-order valence-electron chi connectivity index (χ4n) is 2.30. The van der Waals surface area contributed by atoms with Gasteiger partial charge in [-0.05, 0) is 31.6 Å². The minimum Gasteiger partial charge on any atom is -0.385 e. The molecule has 0 aromatic rings. The van der Waals surface area contributed by atoms with Crippen molar-refractivity contribution in [3.63, 3.8) is 0 Å². The summed E-state index contributed by atoms with van der Waals surface area (Å²) in [5.74, 6) is 1.43. The lowest BCUT2D eigenvalue weighted by Crippen LogP contribution is -2.20. The number of methoxy groups -OCH3 is 1. The summed E-state index contributed by atoms with van der Waals surface area (Å²) >= 11 is 0. The Kier molecular flexibility index (Phi) is 4.27. The Hall–Kier alpha value is -0.0151. The first kappa shape index (κ1) is 11.1. The molecular formula is C10H21BO2. The molecule has 0 aromatic heterocycles. The quantitative estimate of drug-likeness (QED) is 0.480. The van der Waals surface area contributed by atoms with Crippen LogP contribution in [-0.4, -0.2) is 33.7 Å². The Morgan fingerprint density at radius 2 is 2.08 bits per heavy atom. The van der Waals surface area contributed by atoms with Crippen molar-refractivity contribution in [2.24, 2.45) is 11.8 Å². The summed E-state index contributed by atoms with van der Waals surface area (Å²) in [5.41, 5.74) is 0. The first-order valence-corrected chi connectivity index (χ1v) is 5.31. The molecule has 0 spiro atoms. The molecule has 1 unspecified atom stereocenters. The molecule has 0 N–H and O–H groups in total. The van der Waals surface area contributed by atoms with Gasteiger partial charge < -0.3 is 9.47 Å². The minimum absolute atomic E-state index is 0.432. The normalized spacial score (nSPS) is 39.6. The van der Waals surface area contributed by atoms with E-state index >= 15 is 0 Å². The van der Waals surface area contributed by atoms with Crippen LogP contribution in [0.15, 0.2) is 0 Å². The highest BCUT2D eigenvalue weighted by molar-refractivity contribution is 6.11. The lowest BCUT2D eigenvalue weighted by molar-refractivity contribution is 0.0838. The zero-order valence-electron chi connectivity index (χ0n) is 9.25. The summed E-state index contributed by atoms with van der Waals surface area (Å²) in [6, 6.07) is 0.432. The summed E-state index contributed by atoms with van der Waals surface area (Å²) in [7, 11) is 3.96. The van der Waals surface area contributed by atoms with Crippen LogP contribution >= 0.6 is 0 Å². The molecule has 1 aliphatic heterocycles. The SMILES string of the molecule is B[C@@H]1O[C@H](C)C(C)[C@H]1CCCOC. The van der Waals surface area contributed by atoms with Gasteiger partial charge in [0, 0.05) is 19.7 Å². The van der Waals surface area contributed by atoms with Gasteiger partial charge in [-0.25, -0.2) is 0 Å². The smallest absolute Gasteiger partial charge is 0.139 e. The van der Waals surface area contributed by atoms with Crippen LogP contribution in [0, 0.1) is 11.8 Å². The molecule has 1 saturated heterocycles. The van der Waals surface area contributed by atoms with Crippen LogP contribution in [0.2, 0.25) is 0 Å². The van der Waals surface area contributed by atoms with E-state index in [9.17, 15) is 0 Å². The van der Waals surface area contributed by atoms with Gasteiger partial charge in [-0.15, -0.1) is 0 Å². The summed E-state index contributed by atoms with van der Waals surface area (Å²) in [4.78, 5) is 0. The van der Waals surface area contributed by atoms with Gasteiger partial charge in [0.25, 0.3) is 0 Å². The van der Waals surface area contributed by atoms with E-state index < -0.39 is 0 Å². The lowest BCUT2D eigenvalue weighted by Gasteiger charge is -2.17. The Morgan fingerprint density at radius 3 is 2.54 bits per heavy atom. The second-order valence-corrected chi connectivity index (χ2v) is 4.20. The summed E-state index contributed by atoms with van der Waals surface area (Å²) in [6.07, 6.45) is 2.83. The van der Waals surface area contributed by atoms with Crippen molar-refractivity contribution in [1.29, 1.82) is 0 Å². The molecular weight excluding hydrogens is 163 g/mol. The average molecular weight is 184 g/mol. The maximum Gasteiger partial charge on any atom is 0.139 e. The largest absolute Gasteiger partial charge is 0.385 e. The molecule has 4 atom stereocenters. The van der Waals surface area contributed by atoms with E-state index in [4.69, 9.17) is 9.47 Å². The Bertz CT molecular complexity index is 152. The van der Waals surface area contributed by atoms with Crippen molar-refractivity contribution < 1.29 is 9.47 Å². The molecule has 3 heteroatoms. The minimum atomic E-state index is 0.432. The van der Waals surface area contributed by atoms with Gasteiger partial charge in [0.15, 0.2) is 0 Å². The molecule has 76 valence electrons. The van der Waals surface area contributed by atoms with Gasteiger partial charge in [-0.1, -0.05) is 6.92 Å². The van der Waals surface area contributed by atoms with Crippen molar-refractivity contribution in [3.8, 4) is 0 Å². The third-order valence-electron chi connectivity index (χ3n) is 3.33. The lowest BCUT2D eigenvalue weighted by atomic mass is 9.78. The van der Waals surface area contributed by atoms with Crippen molar-refractivity contribution in [2.45, 2.75) is 38.8 Å². The molecule has 1 rings (SSSR count). The zero-order valence-corrected chi connectivity index (χ0v) is 9.25. The number of rotatable bonds is 4. The molecule has 0 amide bonds. The van der Waals surface area contributed by atoms with Crippen LogP contribution < -0.4 is 0 Å². The van der Waals surface area contributed by atoms with Gasteiger partial charge in [-0.2, -0.15) is 0 Å². The van der Waals surface area contributed by atoms with Crippen LogP contribution in [0.1, 0.15) is 26.7 Å². The monoisotopic (exact) mass is 184 g/mol. The highest BCUT2D eigenvalue weighted by atomic mass is 16.5. The summed E-state index contributed by atoms with van der Waals surface area (Å²) in [6.45, 7) is 5.35. The van der Waals surface area contributed by atoms with Gasteiger partial charge in [-0.3, -0.25) is 0 Å². The second-order valence-electron chi connectivity index (χ2n) is 4.20. The first-order chi connectivity index (χ1) is 6.16. The van der Waals surface area contributed by atoms with E-state index in [0.717, 1.165) is 18.9 Å².